The number of carbonyl (C=O) groups excluding carboxylic acids is 1. The molecule has 1 rings (SSSR count). The lowest BCUT2D eigenvalue weighted by molar-refractivity contribution is -0.122. The number of hydrogen-bond acceptors (Lipinski definition) is 1. The molecule has 0 saturated carbocycles. The Morgan fingerprint density at radius 1 is 1.43 bits per heavy atom. The summed E-state index contributed by atoms with van der Waals surface area (Å²) in [6.07, 6.45) is 6.32. The summed E-state index contributed by atoms with van der Waals surface area (Å²) in [5.74, 6) is 0.915. The van der Waals surface area contributed by atoms with Gasteiger partial charge in [-0.3, -0.25) is 4.79 Å². The zero-order valence-corrected chi connectivity index (χ0v) is 9.73. The van der Waals surface area contributed by atoms with E-state index in [2.05, 4.69) is 26.1 Å². The Morgan fingerprint density at radius 2 is 2.14 bits per heavy atom. The molecule has 0 aliphatic carbocycles. The van der Waals surface area contributed by atoms with Gasteiger partial charge in [-0.2, -0.15) is 0 Å². The largest absolute Gasteiger partial charge is 0.351 e. The van der Waals surface area contributed by atoms with Gasteiger partial charge in [-0.25, -0.2) is 0 Å². The summed E-state index contributed by atoms with van der Waals surface area (Å²) in [7, 11) is 0. The molecule has 0 aromatic rings. The highest BCUT2D eigenvalue weighted by atomic mass is 16.1. The Bertz CT molecular complexity index is 200. The Labute approximate surface area is 87.5 Å². The van der Waals surface area contributed by atoms with Gasteiger partial charge in [-0.15, -0.1) is 0 Å². The maximum absolute atomic E-state index is 11.5. The molecule has 1 atom stereocenters. The first kappa shape index (κ1) is 11.5. The van der Waals surface area contributed by atoms with E-state index < -0.39 is 0 Å². The van der Waals surface area contributed by atoms with Crippen LogP contribution in [0, 0.1) is 5.92 Å². The average Bonchev–Trinajstić information content (AvgIpc) is 2.27. The van der Waals surface area contributed by atoms with Gasteiger partial charge in [0.1, 0.15) is 0 Å². The SMILES string of the molecule is CCC1(CC(C)C)CCCCC(=O)N1. The van der Waals surface area contributed by atoms with Crippen molar-refractivity contribution in [1.82, 2.24) is 5.32 Å². The Balaban J connectivity index is 2.68. The lowest BCUT2D eigenvalue weighted by Crippen LogP contribution is -2.47. The Morgan fingerprint density at radius 3 is 2.71 bits per heavy atom. The predicted molar refractivity (Wildman–Crippen MR) is 59.1 cm³/mol. The summed E-state index contributed by atoms with van der Waals surface area (Å²) in [4.78, 5) is 11.5. The van der Waals surface area contributed by atoms with E-state index >= 15 is 0 Å². The van der Waals surface area contributed by atoms with E-state index in [4.69, 9.17) is 0 Å². The van der Waals surface area contributed by atoms with Crippen molar-refractivity contribution in [1.29, 1.82) is 0 Å². The molecule has 1 aliphatic heterocycles. The molecule has 0 spiro atoms. The van der Waals surface area contributed by atoms with Crippen LogP contribution in [0.5, 0.6) is 0 Å². The van der Waals surface area contributed by atoms with Gasteiger partial charge in [-0.1, -0.05) is 27.2 Å². The van der Waals surface area contributed by atoms with Crippen LogP contribution in [0.25, 0.3) is 0 Å². The third kappa shape index (κ3) is 3.00. The predicted octanol–water partition coefficient (Wildman–Crippen LogP) is 2.87. The molecule has 82 valence electrons. The van der Waals surface area contributed by atoms with Crippen molar-refractivity contribution in [2.24, 2.45) is 5.92 Å². The lowest BCUT2D eigenvalue weighted by atomic mass is 9.83. The molecule has 1 heterocycles. The first-order valence-corrected chi connectivity index (χ1v) is 5.89. The van der Waals surface area contributed by atoms with Crippen LogP contribution in [-0.4, -0.2) is 11.4 Å². The first-order chi connectivity index (χ1) is 6.58. The number of hydrogen-bond donors (Lipinski definition) is 1. The zero-order valence-electron chi connectivity index (χ0n) is 9.73. The minimum atomic E-state index is 0.0990. The van der Waals surface area contributed by atoms with E-state index in [1.54, 1.807) is 0 Å². The van der Waals surface area contributed by atoms with Crippen LogP contribution in [0.4, 0.5) is 0 Å². The molecule has 1 saturated heterocycles. The summed E-state index contributed by atoms with van der Waals surface area (Å²) in [5.41, 5.74) is 0.0990. The van der Waals surface area contributed by atoms with E-state index in [0.29, 0.717) is 5.92 Å². The van der Waals surface area contributed by atoms with Gasteiger partial charge in [0.25, 0.3) is 0 Å². The third-order valence-corrected chi connectivity index (χ3v) is 3.19. The highest BCUT2D eigenvalue weighted by molar-refractivity contribution is 5.77. The van der Waals surface area contributed by atoms with Gasteiger partial charge >= 0.3 is 0 Å². The minimum Gasteiger partial charge on any atom is -0.351 e. The van der Waals surface area contributed by atoms with Crippen LogP contribution in [0.3, 0.4) is 0 Å². The molecule has 1 aliphatic rings. The van der Waals surface area contributed by atoms with Gasteiger partial charge in [0.05, 0.1) is 0 Å². The monoisotopic (exact) mass is 197 g/mol. The fourth-order valence-electron chi connectivity index (χ4n) is 2.51. The van der Waals surface area contributed by atoms with Crippen molar-refractivity contribution in [3.05, 3.63) is 0 Å². The summed E-state index contributed by atoms with van der Waals surface area (Å²) >= 11 is 0. The lowest BCUT2D eigenvalue weighted by Gasteiger charge is -2.34. The van der Waals surface area contributed by atoms with Crippen molar-refractivity contribution in [2.45, 2.75) is 64.8 Å². The highest BCUT2D eigenvalue weighted by Gasteiger charge is 2.31. The molecule has 0 radical (unpaired) electrons. The number of rotatable bonds is 3. The van der Waals surface area contributed by atoms with Crippen LogP contribution >= 0.6 is 0 Å². The summed E-state index contributed by atoms with van der Waals surface area (Å²) < 4.78 is 0. The molecule has 0 bridgehead atoms. The molecule has 1 unspecified atom stereocenters. The number of amides is 1. The van der Waals surface area contributed by atoms with E-state index in [1.807, 2.05) is 0 Å². The molecule has 1 fully saturated rings. The smallest absolute Gasteiger partial charge is 0.220 e. The van der Waals surface area contributed by atoms with Crippen LogP contribution in [0.1, 0.15) is 59.3 Å². The van der Waals surface area contributed by atoms with E-state index in [-0.39, 0.29) is 11.4 Å². The van der Waals surface area contributed by atoms with Gasteiger partial charge in [-0.05, 0) is 31.6 Å². The Hall–Kier alpha value is -0.530. The van der Waals surface area contributed by atoms with Crippen LogP contribution < -0.4 is 5.32 Å². The Kier molecular flexibility index (Phi) is 3.97. The zero-order chi connectivity index (χ0) is 10.6. The number of nitrogens with one attached hydrogen (secondary N) is 1. The maximum atomic E-state index is 11.5. The van der Waals surface area contributed by atoms with Crippen molar-refractivity contribution in [3.63, 3.8) is 0 Å². The summed E-state index contributed by atoms with van der Waals surface area (Å²) in [6, 6.07) is 0. The van der Waals surface area contributed by atoms with Crippen LogP contribution in [0.15, 0.2) is 0 Å². The van der Waals surface area contributed by atoms with Gasteiger partial charge in [0, 0.05) is 12.0 Å². The highest BCUT2D eigenvalue weighted by Crippen LogP contribution is 2.29. The number of carbonyl (C=O) groups is 1. The topological polar surface area (TPSA) is 29.1 Å². The van der Waals surface area contributed by atoms with E-state index in [1.165, 1.54) is 6.42 Å². The van der Waals surface area contributed by atoms with Gasteiger partial charge in [0.2, 0.25) is 5.91 Å². The van der Waals surface area contributed by atoms with Crippen molar-refractivity contribution in [2.75, 3.05) is 0 Å². The second-order valence-corrected chi connectivity index (χ2v) is 4.99. The standard InChI is InChI=1S/C12H23NO/c1-4-12(9-10(2)3)8-6-5-7-11(14)13-12/h10H,4-9H2,1-3H3,(H,13,14). The second-order valence-electron chi connectivity index (χ2n) is 4.99. The fraction of sp³-hybridized carbons (Fsp3) is 0.917. The summed E-state index contributed by atoms with van der Waals surface area (Å²) in [6.45, 7) is 6.65. The van der Waals surface area contributed by atoms with Crippen LogP contribution in [0.2, 0.25) is 0 Å². The molecule has 14 heavy (non-hydrogen) atoms. The molecule has 2 nitrogen and oxygen atoms in total. The first-order valence-electron chi connectivity index (χ1n) is 5.89. The minimum absolute atomic E-state index is 0.0990. The fourth-order valence-corrected chi connectivity index (χ4v) is 2.51. The molecule has 1 amide bonds. The second kappa shape index (κ2) is 4.81. The molecule has 1 N–H and O–H groups in total. The molecular weight excluding hydrogens is 174 g/mol. The van der Waals surface area contributed by atoms with Gasteiger partial charge in [0.15, 0.2) is 0 Å². The molecular formula is C12H23NO. The van der Waals surface area contributed by atoms with E-state index in [0.717, 1.165) is 32.1 Å². The molecule has 0 aromatic heterocycles. The normalized spacial score (nSPS) is 28.7. The molecule has 0 aromatic carbocycles. The van der Waals surface area contributed by atoms with Crippen LogP contribution in [-0.2, 0) is 4.79 Å². The third-order valence-electron chi connectivity index (χ3n) is 3.19. The molecule has 2 heteroatoms. The van der Waals surface area contributed by atoms with Crippen molar-refractivity contribution >= 4 is 5.91 Å². The van der Waals surface area contributed by atoms with Crippen molar-refractivity contribution in [3.8, 4) is 0 Å². The maximum Gasteiger partial charge on any atom is 0.220 e. The van der Waals surface area contributed by atoms with Crippen molar-refractivity contribution < 1.29 is 4.79 Å². The average molecular weight is 197 g/mol. The van der Waals surface area contributed by atoms with Gasteiger partial charge < -0.3 is 5.32 Å². The van der Waals surface area contributed by atoms with E-state index in [9.17, 15) is 4.79 Å². The quantitative estimate of drug-likeness (QED) is 0.740. The summed E-state index contributed by atoms with van der Waals surface area (Å²) in [5, 5.41) is 3.23.